The zero-order valence-electron chi connectivity index (χ0n) is 9.54. The fraction of sp³-hybridized carbons (Fsp3) is 0.667. The second-order valence-electron chi connectivity index (χ2n) is 4.44. The quantitative estimate of drug-likeness (QED) is 0.835. The number of halogens is 1. The molecule has 16 heavy (non-hydrogen) atoms. The summed E-state index contributed by atoms with van der Waals surface area (Å²) in [6, 6.07) is 2.16. The highest BCUT2D eigenvalue weighted by atomic mass is 79.9. The SMILES string of the molecule is Cn1c(C2CCCCC2)nc(CC#N)c1Br. The first-order valence-corrected chi connectivity index (χ1v) is 6.61. The molecule has 0 atom stereocenters. The van der Waals surface area contributed by atoms with Crippen molar-refractivity contribution in [1.82, 2.24) is 9.55 Å². The van der Waals surface area contributed by atoms with Crippen molar-refractivity contribution in [2.45, 2.75) is 44.4 Å². The lowest BCUT2D eigenvalue weighted by Gasteiger charge is -2.21. The van der Waals surface area contributed by atoms with Gasteiger partial charge in [-0.3, -0.25) is 0 Å². The predicted molar refractivity (Wildman–Crippen MR) is 66.1 cm³/mol. The van der Waals surface area contributed by atoms with E-state index in [9.17, 15) is 0 Å². The summed E-state index contributed by atoms with van der Waals surface area (Å²) in [5.41, 5.74) is 0.880. The van der Waals surface area contributed by atoms with Gasteiger partial charge in [0.05, 0.1) is 18.2 Å². The molecular formula is C12H16BrN3. The third-order valence-electron chi connectivity index (χ3n) is 3.34. The smallest absolute Gasteiger partial charge is 0.112 e. The molecule has 1 heterocycles. The first-order valence-electron chi connectivity index (χ1n) is 5.82. The monoisotopic (exact) mass is 281 g/mol. The van der Waals surface area contributed by atoms with Crippen LogP contribution in [0.2, 0.25) is 0 Å². The van der Waals surface area contributed by atoms with Crippen LogP contribution in [0.3, 0.4) is 0 Å². The molecule has 86 valence electrons. The number of hydrogen-bond donors (Lipinski definition) is 0. The minimum atomic E-state index is 0.390. The van der Waals surface area contributed by atoms with E-state index >= 15 is 0 Å². The molecule has 4 heteroatoms. The van der Waals surface area contributed by atoms with Crippen molar-refractivity contribution >= 4 is 15.9 Å². The molecule has 3 nitrogen and oxygen atoms in total. The molecule has 0 radical (unpaired) electrons. The molecular weight excluding hydrogens is 266 g/mol. The van der Waals surface area contributed by atoms with Gasteiger partial charge in [0.2, 0.25) is 0 Å². The zero-order chi connectivity index (χ0) is 11.5. The van der Waals surface area contributed by atoms with Crippen LogP contribution in [-0.2, 0) is 13.5 Å². The largest absolute Gasteiger partial charge is 0.325 e. The molecule has 0 amide bonds. The number of hydrogen-bond acceptors (Lipinski definition) is 2. The minimum Gasteiger partial charge on any atom is -0.325 e. The minimum absolute atomic E-state index is 0.390. The molecule has 0 spiro atoms. The fourth-order valence-corrected chi connectivity index (χ4v) is 2.88. The van der Waals surface area contributed by atoms with E-state index in [4.69, 9.17) is 5.26 Å². The van der Waals surface area contributed by atoms with Gasteiger partial charge in [0.25, 0.3) is 0 Å². The molecule has 0 bridgehead atoms. The molecule has 1 aliphatic carbocycles. The maximum absolute atomic E-state index is 8.73. The molecule has 2 rings (SSSR count). The van der Waals surface area contributed by atoms with E-state index in [1.807, 2.05) is 7.05 Å². The summed E-state index contributed by atoms with van der Waals surface area (Å²) in [7, 11) is 2.03. The van der Waals surface area contributed by atoms with Gasteiger partial charge in [0, 0.05) is 13.0 Å². The number of nitrogens with zero attached hydrogens (tertiary/aromatic N) is 3. The van der Waals surface area contributed by atoms with Crippen LogP contribution in [-0.4, -0.2) is 9.55 Å². The average molecular weight is 282 g/mol. The summed E-state index contributed by atoms with van der Waals surface area (Å²) >= 11 is 3.52. The summed E-state index contributed by atoms with van der Waals surface area (Å²) in [4.78, 5) is 4.62. The van der Waals surface area contributed by atoms with Crippen LogP contribution in [0.1, 0.15) is 49.5 Å². The summed E-state index contributed by atoms with van der Waals surface area (Å²) in [5.74, 6) is 1.74. The van der Waals surface area contributed by atoms with E-state index in [-0.39, 0.29) is 0 Å². The van der Waals surface area contributed by atoms with E-state index in [1.165, 1.54) is 32.1 Å². The van der Waals surface area contributed by atoms with Crippen LogP contribution in [0, 0.1) is 11.3 Å². The first-order chi connectivity index (χ1) is 7.74. The van der Waals surface area contributed by atoms with Gasteiger partial charge in [-0.25, -0.2) is 4.98 Å². The Bertz CT molecular complexity index is 411. The summed E-state index contributed by atoms with van der Waals surface area (Å²) in [5, 5.41) is 8.73. The molecule has 1 aromatic heterocycles. The van der Waals surface area contributed by atoms with Gasteiger partial charge in [0.1, 0.15) is 10.4 Å². The van der Waals surface area contributed by atoms with Crippen LogP contribution in [0.25, 0.3) is 0 Å². The van der Waals surface area contributed by atoms with Crippen LogP contribution < -0.4 is 0 Å². The number of imidazole rings is 1. The van der Waals surface area contributed by atoms with Crippen molar-refractivity contribution in [2.75, 3.05) is 0 Å². The molecule has 0 unspecified atom stereocenters. The molecule has 1 aromatic rings. The van der Waals surface area contributed by atoms with E-state index in [0.29, 0.717) is 12.3 Å². The second kappa shape index (κ2) is 5.01. The Morgan fingerprint density at radius 3 is 2.75 bits per heavy atom. The Morgan fingerprint density at radius 2 is 2.12 bits per heavy atom. The molecule has 1 saturated carbocycles. The Balaban J connectivity index is 2.26. The Morgan fingerprint density at radius 1 is 1.44 bits per heavy atom. The molecule has 0 N–H and O–H groups in total. The highest BCUT2D eigenvalue weighted by Gasteiger charge is 2.22. The topological polar surface area (TPSA) is 41.6 Å². The van der Waals surface area contributed by atoms with Crippen LogP contribution >= 0.6 is 15.9 Å². The van der Waals surface area contributed by atoms with Crippen LogP contribution in [0.4, 0.5) is 0 Å². The lowest BCUT2D eigenvalue weighted by Crippen LogP contribution is -2.10. The highest BCUT2D eigenvalue weighted by Crippen LogP contribution is 2.33. The summed E-state index contributed by atoms with van der Waals surface area (Å²) in [6.45, 7) is 0. The lowest BCUT2D eigenvalue weighted by atomic mass is 9.89. The number of rotatable bonds is 2. The van der Waals surface area contributed by atoms with Crippen molar-refractivity contribution in [2.24, 2.45) is 7.05 Å². The normalized spacial score (nSPS) is 17.3. The van der Waals surface area contributed by atoms with Crippen LogP contribution in [0.5, 0.6) is 0 Å². The van der Waals surface area contributed by atoms with E-state index < -0.39 is 0 Å². The highest BCUT2D eigenvalue weighted by molar-refractivity contribution is 9.10. The van der Waals surface area contributed by atoms with Crippen molar-refractivity contribution in [3.05, 3.63) is 16.1 Å². The van der Waals surface area contributed by atoms with Crippen LogP contribution in [0.15, 0.2) is 4.60 Å². The lowest BCUT2D eigenvalue weighted by molar-refractivity contribution is 0.420. The molecule has 1 aliphatic rings. The Labute approximate surface area is 105 Å². The Hall–Kier alpha value is -0.820. The van der Waals surface area contributed by atoms with Gasteiger partial charge >= 0.3 is 0 Å². The van der Waals surface area contributed by atoms with E-state index in [0.717, 1.165) is 16.1 Å². The maximum Gasteiger partial charge on any atom is 0.112 e. The van der Waals surface area contributed by atoms with Crippen molar-refractivity contribution < 1.29 is 0 Å². The van der Waals surface area contributed by atoms with Gasteiger partial charge in [0.15, 0.2) is 0 Å². The molecule has 0 aliphatic heterocycles. The predicted octanol–water partition coefficient (Wildman–Crippen LogP) is 3.30. The molecule has 0 aromatic carbocycles. The molecule has 0 saturated heterocycles. The third-order valence-corrected chi connectivity index (χ3v) is 4.33. The summed E-state index contributed by atoms with van der Waals surface area (Å²) in [6.07, 6.45) is 6.84. The third kappa shape index (κ3) is 2.15. The zero-order valence-corrected chi connectivity index (χ0v) is 11.1. The van der Waals surface area contributed by atoms with Gasteiger partial charge in [-0.15, -0.1) is 0 Å². The van der Waals surface area contributed by atoms with Gasteiger partial charge in [-0.1, -0.05) is 19.3 Å². The number of nitriles is 1. The summed E-state index contributed by atoms with van der Waals surface area (Å²) < 4.78 is 3.07. The van der Waals surface area contributed by atoms with Gasteiger partial charge in [-0.2, -0.15) is 5.26 Å². The van der Waals surface area contributed by atoms with Crippen molar-refractivity contribution in [1.29, 1.82) is 5.26 Å². The second-order valence-corrected chi connectivity index (χ2v) is 5.19. The van der Waals surface area contributed by atoms with Crippen molar-refractivity contribution in [3.63, 3.8) is 0 Å². The average Bonchev–Trinajstić information content (AvgIpc) is 2.59. The molecule has 1 fully saturated rings. The number of aromatic nitrogens is 2. The Kier molecular flexibility index (Phi) is 3.65. The van der Waals surface area contributed by atoms with Gasteiger partial charge < -0.3 is 4.57 Å². The fourth-order valence-electron chi connectivity index (χ4n) is 2.47. The maximum atomic E-state index is 8.73. The van der Waals surface area contributed by atoms with E-state index in [2.05, 4.69) is 31.6 Å². The van der Waals surface area contributed by atoms with Crippen molar-refractivity contribution in [3.8, 4) is 6.07 Å². The standard InChI is InChI=1S/C12H16BrN3/c1-16-11(13)10(7-8-14)15-12(16)9-5-3-2-4-6-9/h9H,2-7H2,1H3. The first kappa shape index (κ1) is 11.7. The van der Waals surface area contributed by atoms with Gasteiger partial charge in [-0.05, 0) is 28.8 Å². The van der Waals surface area contributed by atoms with E-state index in [1.54, 1.807) is 0 Å².